The van der Waals surface area contributed by atoms with Crippen molar-refractivity contribution in [3.63, 3.8) is 0 Å². The van der Waals surface area contributed by atoms with E-state index in [4.69, 9.17) is 4.52 Å². The van der Waals surface area contributed by atoms with E-state index in [1.165, 1.54) is 24.1 Å². The highest BCUT2D eigenvalue weighted by atomic mass is 19.4. The average Bonchev–Trinajstić information content (AvgIpc) is 2.97. The van der Waals surface area contributed by atoms with Crippen LogP contribution >= 0.6 is 0 Å². The summed E-state index contributed by atoms with van der Waals surface area (Å²) in [5.74, 6) is -0.980. The van der Waals surface area contributed by atoms with E-state index in [1.54, 1.807) is 25.1 Å². The van der Waals surface area contributed by atoms with Crippen LogP contribution in [0.15, 0.2) is 34.9 Å². The molecular weight excluding hydrogens is 351 g/mol. The Hall–Kier alpha value is -3.17. The highest BCUT2D eigenvalue weighted by Gasteiger charge is 2.36. The predicted molar refractivity (Wildman–Crippen MR) is 87.7 cm³/mol. The van der Waals surface area contributed by atoms with E-state index >= 15 is 0 Å². The smallest absolute Gasteiger partial charge is 0.360 e. The second kappa shape index (κ2) is 6.62. The molecule has 0 atom stereocenters. The first-order chi connectivity index (χ1) is 12.2. The molecule has 0 unspecified atom stereocenters. The van der Waals surface area contributed by atoms with Crippen LogP contribution in [0.2, 0.25) is 0 Å². The number of anilines is 2. The number of hydrogen-bond donors (Lipinski definition) is 1. The van der Waals surface area contributed by atoms with Crippen molar-refractivity contribution >= 4 is 28.4 Å². The molecule has 7 nitrogen and oxygen atoms in total. The maximum atomic E-state index is 13.1. The molecule has 2 heterocycles. The lowest BCUT2D eigenvalue weighted by molar-refractivity contribution is -0.144. The van der Waals surface area contributed by atoms with Gasteiger partial charge in [0.15, 0.2) is 5.82 Å². The normalized spacial score (nSPS) is 11.6. The molecule has 1 aromatic carbocycles. The van der Waals surface area contributed by atoms with Gasteiger partial charge in [0, 0.05) is 18.5 Å². The highest BCUT2D eigenvalue weighted by molar-refractivity contribution is 5.95. The number of nitrogens with one attached hydrogen (secondary N) is 1. The fourth-order valence-corrected chi connectivity index (χ4v) is 2.38. The maximum absolute atomic E-state index is 13.1. The van der Waals surface area contributed by atoms with Gasteiger partial charge in [0.05, 0.1) is 12.1 Å². The van der Waals surface area contributed by atoms with Crippen molar-refractivity contribution in [3.05, 3.63) is 41.9 Å². The number of aryl methyl sites for hydroxylation is 1. The molecule has 0 saturated carbocycles. The van der Waals surface area contributed by atoms with E-state index in [2.05, 4.69) is 20.4 Å². The first-order valence-electron chi connectivity index (χ1n) is 7.52. The molecule has 136 valence electrons. The zero-order valence-corrected chi connectivity index (χ0v) is 13.8. The predicted octanol–water partition coefficient (Wildman–Crippen LogP) is 3.02. The lowest BCUT2D eigenvalue weighted by Crippen LogP contribution is -2.31. The first-order valence-corrected chi connectivity index (χ1v) is 7.52. The number of halogens is 3. The molecule has 0 aliphatic carbocycles. The van der Waals surface area contributed by atoms with E-state index in [-0.39, 0.29) is 23.7 Å². The minimum absolute atomic E-state index is 0.00871. The van der Waals surface area contributed by atoms with Gasteiger partial charge in [-0.25, -0.2) is 9.97 Å². The molecule has 0 aliphatic rings. The van der Waals surface area contributed by atoms with E-state index in [1.807, 2.05) is 0 Å². The van der Waals surface area contributed by atoms with Crippen LogP contribution < -0.4 is 10.2 Å². The second-order valence-corrected chi connectivity index (χ2v) is 5.61. The lowest BCUT2D eigenvalue weighted by Gasteiger charge is -2.20. The van der Waals surface area contributed by atoms with Gasteiger partial charge in [0.2, 0.25) is 11.7 Å². The van der Waals surface area contributed by atoms with Crippen LogP contribution in [0.4, 0.5) is 24.8 Å². The van der Waals surface area contributed by atoms with Gasteiger partial charge >= 0.3 is 6.18 Å². The van der Waals surface area contributed by atoms with Crippen LogP contribution in [-0.2, 0) is 11.0 Å². The fourth-order valence-electron chi connectivity index (χ4n) is 2.38. The highest BCUT2D eigenvalue weighted by Crippen LogP contribution is 2.31. The lowest BCUT2D eigenvalue weighted by atomic mass is 10.2. The Labute approximate surface area is 145 Å². The minimum atomic E-state index is -4.69. The van der Waals surface area contributed by atoms with E-state index in [9.17, 15) is 18.0 Å². The van der Waals surface area contributed by atoms with Crippen LogP contribution in [0, 0.1) is 6.92 Å². The number of rotatable bonds is 4. The Morgan fingerprint density at radius 3 is 2.65 bits per heavy atom. The molecule has 26 heavy (non-hydrogen) atoms. The summed E-state index contributed by atoms with van der Waals surface area (Å²) < 4.78 is 44.1. The number of carbonyl (C=O) groups excluding carboxylic acids is 1. The fraction of sp³-hybridized carbons (Fsp3) is 0.250. The number of fused-ring (bicyclic) bond motifs is 1. The van der Waals surface area contributed by atoms with Crippen molar-refractivity contribution in [1.82, 2.24) is 15.1 Å². The van der Waals surface area contributed by atoms with Gasteiger partial charge in [-0.1, -0.05) is 17.3 Å². The van der Waals surface area contributed by atoms with E-state index in [0.717, 1.165) is 0 Å². The summed E-state index contributed by atoms with van der Waals surface area (Å²) in [6.45, 7) is 1.44. The summed E-state index contributed by atoms with van der Waals surface area (Å²) in [5, 5.41) is 6.55. The number of nitrogens with zero attached hydrogens (tertiary/aromatic N) is 4. The van der Waals surface area contributed by atoms with Gasteiger partial charge in [-0.05, 0) is 19.1 Å². The van der Waals surface area contributed by atoms with E-state index < -0.39 is 17.9 Å². The van der Waals surface area contributed by atoms with Crippen LogP contribution in [0.3, 0.4) is 0 Å². The molecule has 0 aliphatic heterocycles. The second-order valence-electron chi connectivity index (χ2n) is 5.61. The number of para-hydroxylation sites is 1. The Kier molecular flexibility index (Phi) is 4.49. The van der Waals surface area contributed by atoms with Gasteiger partial charge in [-0.15, -0.1) is 0 Å². The van der Waals surface area contributed by atoms with Gasteiger partial charge in [0.25, 0.3) is 0 Å². The Bertz CT molecular complexity index is 954. The van der Waals surface area contributed by atoms with Crippen molar-refractivity contribution in [2.45, 2.75) is 13.1 Å². The molecule has 1 N–H and O–H groups in total. The van der Waals surface area contributed by atoms with Crippen LogP contribution in [0.1, 0.15) is 11.6 Å². The molecule has 0 spiro atoms. The molecule has 10 heteroatoms. The zero-order chi connectivity index (χ0) is 18.9. The SMILES string of the molecule is Cc1cc(NC(=O)CN(C)c2nc(C(F)(F)F)nc3ccccc23)no1. The summed E-state index contributed by atoms with van der Waals surface area (Å²) in [5.41, 5.74) is 0.143. The van der Waals surface area contributed by atoms with Crippen LogP contribution in [0.5, 0.6) is 0 Å². The molecular formula is C16H14F3N5O2. The van der Waals surface area contributed by atoms with Gasteiger partial charge in [0.1, 0.15) is 11.6 Å². The number of hydrogen-bond acceptors (Lipinski definition) is 6. The average molecular weight is 365 g/mol. The summed E-state index contributed by atoms with van der Waals surface area (Å²) in [7, 11) is 1.47. The van der Waals surface area contributed by atoms with E-state index in [0.29, 0.717) is 11.1 Å². The summed E-state index contributed by atoms with van der Waals surface area (Å²) in [6, 6.07) is 7.83. The van der Waals surface area contributed by atoms with Crippen LogP contribution in [-0.4, -0.2) is 34.6 Å². The number of amides is 1. The molecule has 0 bridgehead atoms. The number of alkyl halides is 3. The number of carbonyl (C=O) groups is 1. The van der Waals surface area contributed by atoms with Crippen molar-refractivity contribution < 1.29 is 22.5 Å². The molecule has 0 saturated heterocycles. The molecule has 3 aromatic rings. The molecule has 1 amide bonds. The minimum Gasteiger partial charge on any atom is -0.360 e. The van der Waals surface area contributed by atoms with Crippen molar-refractivity contribution in [3.8, 4) is 0 Å². The Balaban J connectivity index is 1.89. The number of benzene rings is 1. The third-order valence-corrected chi connectivity index (χ3v) is 3.47. The monoisotopic (exact) mass is 365 g/mol. The van der Waals surface area contributed by atoms with Gasteiger partial charge in [-0.2, -0.15) is 13.2 Å². The molecule has 3 rings (SSSR count). The topological polar surface area (TPSA) is 84.2 Å². The standard InChI is InChI=1S/C16H14F3N5O2/c1-9-7-12(23-26-9)21-13(25)8-24(2)14-10-5-3-4-6-11(10)20-15(22-14)16(17,18)19/h3-7H,8H2,1-2H3,(H,21,23,25). The van der Waals surface area contributed by atoms with Crippen molar-refractivity contribution in [1.29, 1.82) is 0 Å². The summed E-state index contributed by atoms with van der Waals surface area (Å²) >= 11 is 0. The van der Waals surface area contributed by atoms with Crippen molar-refractivity contribution in [2.24, 2.45) is 0 Å². The largest absolute Gasteiger partial charge is 0.451 e. The number of likely N-dealkylation sites (N-methyl/N-ethyl adjacent to an activating group) is 1. The quantitative estimate of drug-likeness (QED) is 0.765. The van der Waals surface area contributed by atoms with Crippen molar-refractivity contribution in [2.75, 3.05) is 23.8 Å². The third kappa shape index (κ3) is 3.73. The first kappa shape index (κ1) is 17.6. The molecule has 0 radical (unpaired) electrons. The third-order valence-electron chi connectivity index (χ3n) is 3.47. The summed E-state index contributed by atoms with van der Waals surface area (Å²) in [6.07, 6.45) is -4.69. The zero-order valence-electron chi connectivity index (χ0n) is 13.8. The molecule has 2 aromatic heterocycles. The summed E-state index contributed by atoms with van der Waals surface area (Å²) in [4.78, 5) is 20.6. The van der Waals surface area contributed by atoms with Crippen LogP contribution in [0.25, 0.3) is 10.9 Å². The maximum Gasteiger partial charge on any atom is 0.451 e. The Morgan fingerprint density at radius 2 is 2.00 bits per heavy atom. The van der Waals surface area contributed by atoms with Gasteiger partial charge in [-0.3, -0.25) is 4.79 Å². The van der Waals surface area contributed by atoms with Gasteiger partial charge < -0.3 is 14.7 Å². The number of aromatic nitrogens is 3. The Morgan fingerprint density at radius 1 is 1.27 bits per heavy atom. The molecule has 0 fully saturated rings.